The Balaban J connectivity index is 2.03. The second kappa shape index (κ2) is 8.47. The number of hydrogen-bond acceptors (Lipinski definition) is 3. The molecule has 2 nitrogen and oxygen atoms in total. The summed E-state index contributed by atoms with van der Waals surface area (Å²) in [5, 5.41) is 0. The first-order chi connectivity index (χ1) is 8.52. The van der Waals surface area contributed by atoms with Crippen molar-refractivity contribution >= 4 is 21.6 Å². The molecule has 1 atom stereocenters. The van der Waals surface area contributed by atoms with Crippen LogP contribution in [0.4, 0.5) is 0 Å². The van der Waals surface area contributed by atoms with E-state index >= 15 is 0 Å². The molecule has 0 aromatic rings. The van der Waals surface area contributed by atoms with Crippen molar-refractivity contribution in [1.82, 2.24) is 0 Å². The molecule has 1 rings (SSSR count). The summed E-state index contributed by atoms with van der Waals surface area (Å²) in [5.41, 5.74) is 0. The van der Waals surface area contributed by atoms with Crippen molar-refractivity contribution in [3.8, 4) is 0 Å². The van der Waals surface area contributed by atoms with Gasteiger partial charge in [0.2, 0.25) is 0 Å². The Hall–Kier alpha value is 0.300. The van der Waals surface area contributed by atoms with Crippen LogP contribution in [-0.2, 0) is 9.84 Å². The number of rotatable bonds is 9. The Labute approximate surface area is 117 Å². The fraction of sp³-hybridized carbons (Fsp3) is 1.00. The molecule has 0 radical (unpaired) electrons. The predicted octanol–water partition coefficient (Wildman–Crippen LogP) is 4.25. The minimum atomic E-state index is -2.80. The number of hydrogen-bond donors (Lipinski definition) is 0. The molecule has 0 saturated carbocycles. The Morgan fingerprint density at radius 3 is 2.39 bits per heavy atom. The molecule has 0 aliphatic carbocycles. The van der Waals surface area contributed by atoms with Gasteiger partial charge in [0, 0.05) is 0 Å². The molecule has 1 saturated heterocycles. The van der Waals surface area contributed by atoms with Gasteiger partial charge in [0.05, 0.1) is 5.75 Å². The molecule has 0 bridgehead atoms. The van der Waals surface area contributed by atoms with Crippen LogP contribution >= 0.6 is 11.8 Å². The first-order valence-corrected chi connectivity index (χ1v) is 10.1. The van der Waals surface area contributed by atoms with Crippen molar-refractivity contribution in [2.75, 3.05) is 11.5 Å². The summed E-state index contributed by atoms with van der Waals surface area (Å²) in [4.78, 5) is 0. The van der Waals surface area contributed by atoms with Crippen LogP contribution in [0.2, 0.25) is 0 Å². The molecule has 0 N–H and O–H groups in total. The summed E-state index contributed by atoms with van der Waals surface area (Å²) in [7, 11) is -2.80. The van der Waals surface area contributed by atoms with Crippen LogP contribution < -0.4 is 0 Å². The molecule has 1 unspecified atom stereocenters. The molecule has 1 aliphatic rings. The SMILES string of the molecule is CC(C)CCCCCCCS(=O)(=O)C1CCCS1. The maximum atomic E-state index is 12.0. The lowest BCUT2D eigenvalue weighted by Crippen LogP contribution is -2.18. The zero-order valence-electron chi connectivity index (χ0n) is 11.9. The van der Waals surface area contributed by atoms with Crippen LogP contribution in [0.3, 0.4) is 0 Å². The lowest BCUT2D eigenvalue weighted by Gasteiger charge is -2.10. The Bertz CT molecular complexity index is 304. The maximum Gasteiger partial charge on any atom is 0.162 e. The maximum absolute atomic E-state index is 12.0. The summed E-state index contributed by atoms with van der Waals surface area (Å²) in [6.07, 6.45) is 8.94. The van der Waals surface area contributed by atoms with E-state index in [9.17, 15) is 8.42 Å². The number of sulfone groups is 1. The van der Waals surface area contributed by atoms with Crippen molar-refractivity contribution in [1.29, 1.82) is 0 Å². The molecule has 4 heteroatoms. The average Bonchev–Trinajstić information content (AvgIpc) is 2.81. The van der Waals surface area contributed by atoms with Crippen molar-refractivity contribution in [3.63, 3.8) is 0 Å². The largest absolute Gasteiger partial charge is 0.228 e. The highest BCUT2D eigenvalue weighted by Gasteiger charge is 2.28. The van der Waals surface area contributed by atoms with Crippen LogP contribution in [0.15, 0.2) is 0 Å². The molecule has 1 heterocycles. The smallest absolute Gasteiger partial charge is 0.162 e. The third-order valence-corrected chi connectivity index (χ3v) is 7.81. The third-order valence-electron chi connectivity index (χ3n) is 3.50. The van der Waals surface area contributed by atoms with Gasteiger partial charge in [0.15, 0.2) is 9.84 Å². The van der Waals surface area contributed by atoms with Gasteiger partial charge in [-0.1, -0.05) is 46.0 Å². The van der Waals surface area contributed by atoms with E-state index in [-0.39, 0.29) is 4.58 Å². The molecule has 18 heavy (non-hydrogen) atoms. The lowest BCUT2D eigenvalue weighted by atomic mass is 10.0. The molecule has 0 aromatic carbocycles. The molecule has 0 amide bonds. The van der Waals surface area contributed by atoms with Crippen molar-refractivity contribution < 1.29 is 8.42 Å². The monoisotopic (exact) mass is 292 g/mol. The van der Waals surface area contributed by atoms with Gasteiger partial charge in [-0.2, -0.15) is 0 Å². The third kappa shape index (κ3) is 6.46. The lowest BCUT2D eigenvalue weighted by molar-refractivity contribution is 0.517. The van der Waals surface area contributed by atoms with E-state index in [2.05, 4.69) is 13.8 Å². The van der Waals surface area contributed by atoms with Gasteiger partial charge in [-0.3, -0.25) is 0 Å². The highest BCUT2D eigenvalue weighted by molar-refractivity contribution is 8.13. The average molecular weight is 293 g/mol. The van der Waals surface area contributed by atoms with E-state index < -0.39 is 9.84 Å². The molecule has 108 valence electrons. The fourth-order valence-electron chi connectivity index (χ4n) is 2.35. The summed E-state index contributed by atoms with van der Waals surface area (Å²) < 4.78 is 23.9. The minimum absolute atomic E-state index is 0.0848. The standard InChI is InChI=1S/C14H28O2S2/c1-13(2)9-6-4-3-5-7-12-18(15,16)14-10-8-11-17-14/h13-14H,3-12H2,1-2H3. The van der Waals surface area contributed by atoms with Gasteiger partial charge in [0.25, 0.3) is 0 Å². The van der Waals surface area contributed by atoms with Gasteiger partial charge in [-0.05, 0) is 30.9 Å². The van der Waals surface area contributed by atoms with E-state index in [0.29, 0.717) is 5.75 Å². The van der Waals surface area contributed by atoms with Crippen LogP contribution in [0, 0.1) is 5.92 Å². The first kappa shape index (κ1) is 16.4. The van der Waals surface area contributed by atoms with E-state index in [0.717, 1.165) is 37.4 Å². The quantitative estimate of drug-likeness (QED) is 0.596. The fourth-order valence-corrected chi connectivity index (χ4v) is 6.08. The van der Waals surface area contributed by atoms with E-state index in [1.54, 1.807) is 11.8 Å². The zero-order chi connectivity index (χ0) is 13.4. The molecule has 1 fully saturated rings. The van der Waals surface area contributed by atoms with Crippen molar-refractivity contribution in [2.24, 2.45) is 5.92 Å². The van der Waals surface area contributed by atoms with Crippen LogP contribution in [-0.4, -0.2) is 24.5 Å². The van der Waals surface area contributed by atoms with Crippen molar-refractivity contribution in [3.05, 3.63) is 0 Å². The second-order valence-corrected chi connectivity index (χ2v) is 9.67. The van der Waals surface area contributed by atoms with E-state index in [1.807, 2.05) is 0 Å². The molecule has 0 spiro atoms. The van der Waals surface area contributed by atoms with E-state index in [1.165, 1.54) is 25.7 Å². The highest BCUT2D eigenvalue weighted by atomic mass is 32.3. The molecule has 0 aromatic heterocycles. The van der Waals surface area contributed by atoms with Crippen molar-refractivity contribution in [2.45, 2.75) is 69.8 Å². The topological polar surface area (TPSA) is 34.1 Å². The Kier molecular flexibility index (Phi) is 7.69. The van der Waals surface area contributed by atoms with Crippen LogP contribution in [0.25, 0.3) is 0 Å². The summed E-state index contributed by atoms with van der Waals surface area (Å²) in [5.74, 6) is 2.23. The number of thioether (sulfide) groups is 1. The summed E-state index contributed by atoms with van der Waals surface area (Å²) in [6, 6.07) is 0. The normalized spacial score (nSPS) is 20.7. The van der Waals surface area contributed by atoms with Gasteiger partial charge in [-0.25, -0.2) is 8.42 Å². The van der Waals surface area contributed by atoms with Crippen LogP contribution in [0.1, 0.15) is 65.2 Å². The number of unbranched alkanes of at least 4 members (excludes halogenated alkanes) is 4. The first-order valence-electron chi connectivity index (χ1n) is 7.35. The zero-order valence-corrected chi connectivity index (χ0v) is 13.5. The summed E-state index contributed by atoms with van der Waals surface area (Å²) >= 11 is 1.64. The van der Waals surface area contributed by atoms with Crippen LogP contribution in [0.5, 0.6) is 0 Å². The van der Waals surface area contributed by atoms with Gasteiger partial charge < -0.3 is 0 Å². The Morgan fingerprint density at radius 1 is 1.11 bits per heavy atom. The van der Waals surface area contributed by atoms with Gasteiger partial charge in [0.1, 0.15) is 4.58 Å². The second-order valence-electron chi connectivity index (χ2n) is 5.76. The van der Waals surface area contributed by atoms with Gasteiger partial charge in [-0.15, -0.1) is 11.8 Å². The molecular weight excluding hydrogens is 264 g/mol. The molecule has 1 aliphatic heterocycles. The van der Waals surface area contributed by atoms with Gasteiger partial charge >= 0.3 is 0 Å². The highest BCUT2D eigenvalue weighted by Crippen LogP contribution is 2.31. The van der Waals surface area contributed by atoms with E-state index in [4.69, 9.17) is 0 Å². The summed E-state index contributed by atoms with van der Waals surface area (Å²) in [6.45, 7) is 4.51. The minimum Gasteiger partial charge on any atom is -0.228 e. The Morgan fingerprint density at radius 2 is 1.78 bits per heavy atom. The molecular formula is C14H28O2S2. The predicted molar refractivity (Wildman–Crippen MR) is 81.8 cm³/mol.